The normalized spacial score (nSPS) is 37.9. The molecule has 0 radical (unpaired) electrons. The van der Waals surface area contributed by atoms with E-state index in [0.29, 0.717) is 0 Å². The number of nitrogens with zero attached hydrogens (tertiary/aromatic N) is 1. The van der Waals surface area contributed by atoms with Crippen molar-refractivity contribution in [2.75, 3.05) is 25.0 Å². The summed E-state index contributed by atoms with van der Waals surface area (Å²) >= 11 is 3.50. The minimum Gasteiger partial charge on any atom is -0.302 e. The molecule has 0 spiro atoms. The zero-order valence-electron chi connectivity index (χ0n) is 6.93. The Hall–Kier alpha value is 0.440. The fraction of sp³-hybridized carbons (Fsp3) is 1.00. The summed E-state index contributed by atoms with van der Waals surface area (Å²) in [4.78, 5) is 2.61. The molecule has 0 aromatic heterocycles. The number of rotatable bonds is 2. The first-order chi connectivity index (χ1) is 5.40. The molecule has 0 N–H and O–H groups in total. The molecule has 0 aromatic rings. The van der Waals surface area contributed by atoms with Gasteiger partial charge in [0, 0.05) is 25.0 Å². The van der Waals surface area contributed by atoms with Crippen LogP contribution in [-0.2, 0) is 0 Å². The Bertz CT molecular complexity index is 126. The van der Waals surface area contributed by atoms with Crippen molar-refractivity contribution < 1.29 is 0 Å². The molecule has 1 aliphatic heterocycles. The van der Waals surface area contributed by atoms with Crippen molar-refractivity contribution in [3.8, 4) is 0 Å². The highest BCUT2D eigenvalue weighted by Gasteiger charge is 2.35. The lowest BCUT2D eigenvalue weighted by molar-refractivity contribution is 0.331. The van der Waals surface area contributed by atoms with Crippen LogP contribution in [0.3, 0.4) is 0 Å². The smallest absolute Gasteiger partial charge is 0.0159 e. The molecule has 0 amide bonds. The van der Waals surface area contributed by atoms with Crippen LogP contribution in [0.5, 0.6) is 0 Å². The SMILES string of the molecule is BrCCN1CC2CCCC2C1. The maximum atomic E-state index is 3.50. The summed E-state index contributed by atoms with van der Waals surface area (Å²) < 4.78 is 0. The summed E-state index contributed by atoms with van der Waals surface area (Å²) in [5.74, 6) is 2.13. The maximum absolute atomic E-state index is 3.50. The number of halogens is 1. The Morgan fingerprint density at radius 1 is 1.18 bits per heavy atom. The van der Waals surface area contributed by atoms with Crippen LogP contribution in [0.1, 0.15) is 19.3 Å². The van der Waals surface area contributed by atoms with Gasteiger partial charge in [0.15, 0.2) is 0 Å². The highest BCUT2D eigenvalue weighted by molar-refractivity contribution is 9.09. The molecule has 0 bridgehead atoms. The first-order valence-electron chi connectivity index (χ1n) is 4.68. The van der Waals surface area contributed by atoms with Crippen LogP contribution >= 0.6 is 15.9 Å². The quantitative estimate of drug-likeness (QED) is 0.641. The highest BCUT2D eigenvalue weighted by Crippen LogP contribution is 2.37. The van der Waals surface area contributed by atoms with Crippen molar-refractivity contribution >= 4 is 15.9 Å². The van der Waals surface area contributed by atoms with Gasteiger partial charge in [-0.05, 0) is 24.7 Å². The lowest BCUT2D eigenvalue weighted by Crippen LogP contribution is -2.23. The monoisotopic (exact) mass is 217 g/mol. The molecule has 2 aliphatic rings. The largest absolute Gasteiger partial charge is 0.302 e. The Morgan fingerprint density at radius 2 is 1.82 bits per heavy atom. The number of fused-ring (bicyclic) bond motifs is 1. The topological polar surface area (TPSA) is 3.24 Å². The summed E-state index contributed by atoms with van der Waals surface area (Å²) in [6, 6.07) is 0. The molecule has 2 fully saturated rings. The molecule has 1 nitrogen and oxygen atoms in total. The number of hydrogen-bond donors (Lipinski definition) is 0. The molecule has 1 aliphatic carbocycles. The maximum Gasteiger partial charge on any atom is 0.0159 e. The fourth-order valence-electron chi connectivity index (χ4n) is 2.63. The van der Waals surface area contributed by atoms with E-state index in [-0.39, 0.29) is 0 Å². The summed E-state index contributed by atoms with van der Waals surface area (Å²) in [7, 11) is 0. The molecule has 2 unspecified atom stereocenters. The molecule has 1 heterocycles. The third kappa shape index (κ3) is 1.62. The van der Waals surface area contributed by atoms with Crippen LogP contribution in [0.2, 0.25) is 0 Å². The minimum absolute atomic E-state index is 1.06. The molecule has 1 saturated heterocycles. The van der Waals surface area contributed by atoms with Crippen LogP contribution in [0, 0.1) is 11.8 Å². The Kier molecular flexibility index (Phi) is 2.52. The summed E-state index contributed by atoms with van der Waals surface area (Å²) in [5.41, 5.74) is 0. The first kappa shape index (κ1) is 8.06. The molecular weight excluding hydrogens is 202 g/mol. The minimum atomic E-state index is 1.06. The van der Waals surface area contributed by atoms with E-state index in [0.717, 1.165) is 17.2 Å². The second-order valence-corrected chi connectivity index (χ2v) is 4.69. The van der Waals surface area contributed by atoms with Gasteiger partial charge in [0.05, 0.1) is 0 Å². The van der Waals surface area contributed by atoms with Crippen molar-refractivity contribution in [2.45, 2.75) is 19.3 Å². The van der Waals surface area contributed by atoms with E-state index in [9.17, 15) is 0 Å². The number of likely N-dealkylation sites (tertiary alicyclic amines) is 1. The Morgan fingerprint density at radius 3 is 2.36 bits per heavy atom. The molecule has 1 saturated carbocycles. The van der Waals surface area contributed by atoms with E-state index >= 15 is 0 Å². The summed E-state index contributed by atoms with van der Waals surface area (Å²) in [6.07, 6.45) is 4.50. The van der Waals surface area contributed by atoms with Crippen molar-refractivity contribution in [3.05, 3.63) is 0 Å². The summed E-state index contributed by atoms with van der Waals surface area (Å²) in [5, 5.41) is 1.15. The fourth-order valence-corrected chi connectivity index (χ4v) is 3.14. The Balaban J connectivity index is 1.84. The van der Waals surface area contributed by atoms with Gasteiger partial charge >= 0.3 is 0 Å². The second kappa shape index (κ2) is 3.44. The van der Waals surface area contributed by atoms with Gasteiger partial charge in [0.1, 0.15) is 0 Å². The predicted molar refractivity (Wildman–Crippen MR) is 51.1 cm³/mol. The van der Waals surface area contributed by atoms with Gasteiger partial charge in [-0.2, -0.15) is 0 Å². The van der Waals surface area contributed by atoms with Crippen molar-refractivity contribution in [3.63, 3.8) is 0 Å². The lowest BCUT2D eigenvalue weighted by atomic mass is 10.0. The van der Waals surface area contributed by atoms with Crippen LogP contribution in [0.25, 0.3) is 0 Å². The van der Waals surface area contributed by atoms with Crippen molar-refractivity contribution in [1.82, 2.24) is 4.90 Å². The van der Waals surface area contributed by atoms with Gasteiger partial charge in [-0.3, -0.25) is 0 Å². The standard InChI is InChI=1S/C9H16BrN/c10-4-5-11-6-8-2-1-3-9(8)7-11/h8-9H,1-7H2. The molecule has 64 valence electrons. The van der Waals surface area contributed by atoms with Crippen molar-refractivity contribution in [1.29, 1.82) is 0 Å². The zero-order valence-corrected chi connectivity index (χ0v) is 8.52. The van der Waals surface area contributed by atoms with Crippen molar-refractivity contribution in [2.24, 2.45) is 11.8 Å². The van der Waals surface area contributed by atoms with E-state index in [2.05, 4.69) is 20.8 Å². The highest BCUT2D eigenvalue weighted by atomic mass is 79.9. The van der Waals surface area contributed by atoms with Crippen LogP contribution < -0.4 is 0 Å². The molecule has 2 atom stereocenters. The van der Waals surface area contributed by atoms with Crippen LogP contribution in [0.4, 0.5) is 0 Å². The first-order valence-corrected chi connectivity index (χ1v) is 5.80. The van der Waals surface area contributed by atoms with Gasteiger partial charge in [0.25, 0.3) is 0 Å². The van der Waals surface area contributed by atoms with E-state index < -0.39 is 0 Å². The van der Waals surface area contributed by atoms with Gasteiger partial charge in [-0.25, -0.2) is 0 Å². The van der Waals surface area contributed by atoms with E-state index in [4.69, 9.17) is 0 Å². The number of hydrogen-bond acceptors (Lipinski definition) is 1. The van der Waals surface area contributed by atoms with E-state index in [1.165, 1.54) is 38.9 Å². The Labute approximate surface area is 77.3 Å². The van der Waals surface area contributed by atoms with Crippen LogP contribution in [-0.4, -0.2) is 29.9 Å². The van der Waals surface area contributed by atoms with Crippen LogP contribution in [0.15, 0.2) is 0 Å². The van der Waals surface area contributed by atoms with Gasteiger partial charge < -0.3 is 4.90 Å². The molecule has 2 heteroatoms. The average molecular weight is 218 g/mol. The third-order valence-electron chi connectivity index (χ3n) is 3.20. The van der Waals surface area contributed by atoms with Gasteiger partial charge in [-0.15, -0.1) is 0 Å². The van der Waals surface area contributed by atoms with E-state index in [1.807, 2.05) is 0 Å². The molecule has 0 aromatic carbocycles. The number of alkyl halides is 1. The predicted octanol–water partition coefficient (Wildman–Crippen LogP) is 2.11. The lowest BCUT2D eigenvalue weighted by Gasteiger charge is -2.13. The zero-order chi connectivity index (χ0) is 7.68. The van der Waals surface area contributed by atoms with E-state index in [1.54, 1.807) is 0 Å². The average Bonchev–Trinajstić information content (AvgIpc) is 2.46. The van der Waals surface area contributed by atoms with Gasteiger partial charge in [0.2, 0.25) is 0 Å². The molecule has 2 rings (SSSR count). The van der Waals surface area contributed by atoms with Gasteiger partial charge in [-0.1, -0.05) is 22.4 Å². The third-order valence-corrected chi connectivity index (χ3v) is 3.56. The second-order valence-electron chi connectivity index (χ2n) is 3.90. The summed E-state index contributed by atoms with van der Waals surface area (Å²) in [6.45, 7) is 4.03. The molecule has 11 heavy (non-hydrogen) atoms. The molecular formula is C9H16BrN.